The molecule has 0 aromatic rings. The van der Waals surface area contributed by atoms with Crippen LogP contribution in [0, 0.1) is 17.8 Å². The van der Waals surface area contributed by atoms with Crippen molar-refractivity contribution in [3.05, 3.63) is 0 Å². The average Bonchev–Trinajstić information content (AvgIpc) is 2.74. The minimum absolute atomic E-state index is 0.352. The zero-order valence-corrected chi connectivity index (χ0v) is 8.87. The third-order valence-corrected chi connectivity index (χ3v) is 3.99. The Balaban J connectivity index is 1.92. The van der Waals surface area contributed by atoms with Crippen molar-refractivity contribution < 1.29 is 4.79 Å². The Bertz CT molecular complexity index is 181. The maximum atomic E-state index is 11.2. The fraction of sp³-hybridized carbons (Fsp3) is 0.917. The monoisotopic (exact) mass is 195 g/mol. The molecule has 1 N–H and O–H groups in total. The normalized spacial score (nSPS) is 31.6. The van der Waals surface area contributed by atoms with Crippen molar-refractivity contribution in [3.63, 3.8) is 0 Å². The molecule has 2 nitrogen and oxygen atoms in total. The molecule has 2 unspecified atom stereocenters. The van der Waals surface area contributed by atoms with Gasteiger partial charge in [-0.2, -0.15) is 0 Å². The number of carbonyl (C=O) groups is 1. The molecule has 2 rings (SSSR count). The van der Waals surface area contributed by atoms with Gasteiger partial charge in [0.15, 0.2) is 0 Å². The summed E-state index contributed by atoms with van der Waals surface area (Å²) in [5, 5.41) is 3.37. The smallest absolute Gasteiger partial charge is 0.123 e. The Labute approximate surface area is 86.5 Å². The van der Waals surface area contributed by atoms with Gasteiger partial charge in [0, 0.05) is 5.92 Å². The van der Waals surface area contributed by atoms with Gasteiger partial charge >= 0.3 is 0 Å². The van der Waals surface area contributed by atoms with E-state index in [0.29, 0.717) is 17.8 Å². The molecule has 1 saturated carbocycles. The van der Waals surface area contributed by atoms with E-state index in [2.05, 4.69) is 5.32 Å². The van der Waals surface area contributed by atoms with Crippen molar-refractivity contribution in [2.45, 2.75) is 38.5 Å². The highest BCUT2D eigenvalue weighted by Gasteiger charge is 2.31. The van der Waals surface area contributed by atoms with Crippen LogP contribution in [0.5, 0.6) is 0 Å². The van der Waals surface area contributed by atoms with Gasteiger partial charge in [0.1, 0.15) is 6.29 Å². The summed E-state index contributed by atoms with van der Waals surface area (Å²) in [5.74, 6) is 1.69. The third kappa shape index (κ3) is 2.17. The highest BCUT2D eigenvalue weighted by molar-refractivity contribution is 5.54. The molecule has 80 valence electrons. The fourth-order valence-corrected chi connectivity index (χ4v) is 3.13. The van der Waals surface area contributed by atoms with Gasteiger partial charge in [0.05, 0.1) is 0 Å². The molecule has 1 saturated heterocycles. The number of hydrogen-bond donors (Lipinski definition) is 1. The first-order valence-electron chi connectivity index (χ1n) is 6.08. The Morgan fingerprint density at radius 2 is 1.86 bits per heavy atom. The van der Waals surface area contributed by atoms with Crippen LogP contribution in [-0.2, 0) is 4.79 Å². The summed E-state index contributed by atoms with van der Waals surface area (Å²) in [6, 6.07) is 0. The first kappa shape index (κ1) is 10.2. The Morgan fingerprint density at radius 1 is 1.07 bits per heavy atom. The summed E-state index contributed by atoms with van der Waals surface area (Å²) in [6.45, 7) is 2.18. The summed E-state index contributed by atoms with van der Waals surface area (Å²) < 4.78 is 0. The molecule has 14 heavy (non-hydrogen) atoms. The summed E-state index contributed by atoms with van der Waals surface area (Å²) in [6.07, 6.45) is 9.10. The van der Waals surface area contributed by atoms with Crippen LogP contribution in [0.1, 0.15) is 38.5 Å². The van der Waals surface area contributed by atoms with Crippen molar-refractivity contribution in [1.82, 2.24) is 5.32 Å². The maximum Gasteiger partial charge on any atom is 0.123 e. The molecule has 0 bridgehead atoms. The molecule has 0 amide bonds. The van der Waals surface area contributed by atoms with Crippen LogP contribution in [0.2, 0.25) is 0 Å². The van der Waals surface area contributed by atoms with Crippen LogP contribution in [0.4, 0.5) is 0 Å². The minimum atomic E-state index is 0.352. The Kier molecular flexibility index (Phi) is 3.57. The van der Waals surface area contributed by atoms with Crippen molar-refractivity contribution in [2.75, 3.05) is 13.1 Å². The van der Waals surface area contributed by atoms with Gasteiger partial charge in [-0.15, -0.1) is 0 Å². The molecule has 2 heteroatoms. The molecule has 0 spiro atoms. The van der Waals surface area contributed by atoms with Crippen molar-refractivity contribution in [3.8, 4) is 0 Å². The molecule has 2 atom stereocenters. The lowest BCUT2D eigenvalue weighted by atomic mass is 9.74. The number of hydrogen-bond acceptors (Lipinski definition) is 2. The minimum Gasteiger partial charge on any atom is -0.316 e. The van der Waals surface area contributed by atoms with Gasteiger partial charge in [0.2, 0.25) is 0 Å². The molecular formula is C12H21NO. The van der Waals surface area contributed by atoms with E-state index in [1.54, 1.807) is 0 Å². The second kappa shape index (κ2) is 4.92. The average molecular weight is 195 g/mol. The number of nitrogens with one attached hydrogen (secondary N) is 1. The van der Waals surface area contributed by atoms with Gasteiger partial charge in [0.25, 0.3) is 0 Å². The fourth-order valence-electron chi connectivity index (χ4n) is 3.13. The number of carbonyl (C=O) groups excluding carboxylic acids is 1. The van der Waals surface area contributed by atoms with Gasteiger partial charge in [-0.25, -0.2) is 0 Å². The second-order valence-corrected chi connectivity index (χ2v) is 4.86. The summed E-state index contributed by atoms with van der Waals surface area (Å²) in [5.41, 5.74) is 0. The second-order valence-electron chi connectivity index (χ2n) is 4.86. The first-order chi connectivity index (χ1) is 6.92. The summed E-state index contributed by atoms with van der Waals surface area (Å²) in [7, 11) is 0. The zero-order valence-electron chi connectivity index (χ0n) is 8.87. The maximum absolute atomic E-state index is 11.2. The van der Waals surface area contributed by atoms with E-state index in [9.17, 15) is 4.79 Å². The highest BCUT2D eigenvalue weighted by Crippen LogP contribution is 2.34. The largest absolute Gasteiger partial charge is 0.316 e. The highest BCUT2D eigenvalue weighted by atomic mass is 16.1. The molecule has 2 aliphatic rings. The number of aldehydes is 1. The molecule has 0 radical (unpaired) electrons. The molecular weight excluding hydrogens is 174 g/mol. The zero-order chi connectivity index (χ0) is 9.80. The lowest BCUT2D eigenvalue weighted by Crippen LogP contribution is -2.28. The predicted molar refractivity (Wildman–Crippen MR) is 57.1 cm³/mol. The van der Waals surface area contributed by atoms with E-state index < -0.39 is 0 Å². The molecule has 2 fully saturated rings. The quantitative estimate of drug-likeness (QED) is 0.698. The van der Waals surface area contributed by atoms with Gasteiger partial charge in [-0.3, -0.25) is 0 Å². The molecule has 0 aromatic carbocycles. The standard InChI is InChI=1S/C12H21NO/c14-9-12(11-6-7-13-8-11)10-4-2-1-3-5-10/h9-13H,1-8H2. The van der Waals surface area contributed by atoms with Crippen molar-refractivity contribution in [1.29, 1.82) is 0 Å². The third-order valence-electron chi connectivity index (χ3n) is 3.99. The van der Waals surface area contributed by atoms with Crippen LogP contribution < -0.4 is 5.32 Å². The van der Waals surface area contributed by atoms with E-state index in [0.717, 1.165) is 13.1 Å². The number of rotatable bonds is 3. The van der Waals surface area contributed by atoms with Crippen LogP contribution in [0.25, 0.3) is 0 Å². The van der Waals surface area contributed by atoms with Gasteiger partial charge in [-0.05, 0) is 44.2 Å². The van der Waals surface area contributed by atoms with Gasteiger partial charge in [-0.1, -0.05) is 19.3 Å². The lowest BCUT2D eigenvalue weighted by Gasteiger charge is -2.30. The van der Waals surface area contributed by atoms with E-state index in [1.165, 1.54) is 44.8 Å². The molecule has 1 heterocycles. The van der Waals surface area contributed by atoms with Gasteiger partial charge < -0.3 is 10.1 Å². The van der Waals surface area contributed by atoms with E-state index >= 15 is 0 Å². The first-order valence-corrected chi connectivity index (χ1v) is 6.08. The Hall–Kier alpha value is -0.370. The van der Waals surface area contributed by atoms with Crippen molar-refractivity contribution in [2.24, 2.45) is 17.8 Å². The molecule has 1 aliphatic carbocycles. The molecule has 0 aromatic heterocycles. The van der Waals surface area contributed by atoms with Crippen molar-refractivity contribution >= 4 is 6.29 Å². The van der Waals surface area contributed by atoms with Crippen LogP contribution in [-0.4, -0.2) is 19.4 Å². The van der Waals surface area contributed by atoms with Crippen LogP contribution in [0.3, 0.4) is 0 Å². The lowest BCUT2D eigenvalue weighted by molar-refractivity contribution is -0.114. The van der Waals surface area contributed by atoms with E-state index in [1.807, 2.05) is 0 Å². The molecule has 1 aliphatic heterocycles. The SMILES string of the molecule is O=CC(C1CCCCC1)C1CCNC1. The summed E-state index contributed by atoms with van der Waals surface area (Å²) >= 11 is 0. The topological polar surface area (TPSA) is 29.1 Å². The van der Waals surface area contributed by atoms with E-state index in [4.69, 9.17) is 0 Å². The summed E-state index contributed by atoms with van der Waals surface area (Å²) in [4.78, 5) is 11.2. The predicted octanol–water partition coefficient (Wildman–Crippen LogP) is 1.99. The van der Waals surface area contributed by atoms with Crippen LogP contribution in [0.15, 0.2) is 0 Å². The Morgan fingerprint density at radius 3 is 2.43 bits per heavy atom. The van der Waals surface area contributed by atoms with E-state index in [-0.39, 0.29) is 0 Å². The van der Waals surface area contributed by atoms with Crippen LogP contribution >= 0.6 is 0 Å².